The summed E-state index contributed by atoms with van der Waals surface area (Å²) in [6.07, 6.45) is 12.1. The van der Waals surface area contributed by atoms with Crippen LogP contribution in [-0.4, -0.2) is 38.6 Å². The van der Waals surface area contributed by atoms with Crippen LogP contribution in [0.3, 0.4) is 0 Å². The van der Waals surface area contributed by atoms with Gasteiger partial charge in [0.25, 0.3) is 0 Å². The first-order chi connectivity index (χ1) is 10.4. The molecule has 2 aliphatic heterocycles. The number of rotatable bonds is 6. The molecule has 0 N–H and O–H groups in total. The largest absolute Gasteiger partial charge is 0.381 e. The molecule has 4 aliphatic rings. The van der Waals surface area contributed by atoms with E-state index in [9.17, 15) is 0 Å². The summed E-state index contributed by atoms with van der Waals surface area (Å²) in [5.74, 6) is 3.25. The van der Waals surface area contributed by atoms with Crippen molar-refractivity contribution in [2.45, 2.75) is 63.6 Å². The predicted molar refractivity (Wildman–Crippen MR) is 81.2 cm³/mol. The summed E-state index contributed by atoms with van der Waals surface area (Å²) in [6.45, 7) is 4.02. The van der Waals surface area contributed by atoms with Crippen LogP contribution < -0.4 is 0 Å². The summed E-state index contributed by atoms with van der Waals surface area (Å²) in [5.41, 5.74) is 0. The van der Waals surface area contributed by atoms with Gasteiger partial charge in [0.2, 0.25) is 0 Å². The SMILES string of the molecule is C1CC(COCC2CCCC(C3CO3)C2)CC(C2CO2)C1. The standard InChI is InChI=1S/C18H30O3/c1-3-13(7-15(5-1)17-11-20-17)9-19-10-14-4-2-6-16(8-14)18-12-21-18/h13-18H,1-12H2. The molecule has 0 radical (unpaired) electrons. The van der Waals surface area contributed by atoms with Gasteiger partial charge in [-0.1, -0.05) is 12.8 Å². The van der Waals surface area contributed by atoms with Crippen LogP contribution in [0.5, 0.6) is 0 Å². The van der Waals surface area contributed by atoms with Gasteiger partial charge in [-0.05, 0) is 62.2 Å². The lowest BCUT2D eigenvalue weighted by Crippen LogP contribution is -2.26. The maximum Gasteiger partial charge on any atom is 0.0838 e. The van der Waals surface area contributed by atoms with Gasteiger partial charge in [-0.3, -0.25) is 0 Å². The zero-order chi connectivity index (χ0) is 14.1. The van der Waals surface area contributed by atoms with Crippen LogP contribution in [-0.2, 0) is 14.2 Å². The molecule has 2 heterocycles. The second-order valence-corrected chi connectivity index (χ2v) is 7.87. The second kappa shape index (κ2) is 6.55. The van der Waals surface area contributed by atoms with Gasteiger partial charge in [0.15, 0.2) is 0 Å². The van der Waals surface area contributed by atoms with E-state index in [1.54, 1.807) is 0 Å². The van der Waals surface area contributed by atoms with Gasteiger partial charge in [0, 0.05) is 13.2 Å². The molecule has 3 heteroatoms. The number of hydrogen-bond acceptors (Lipinski definition) is 3. The molecular weight excluding hydrogens is 264 g/mol. The van der Waals surface area contributed by atoms with E-state index in [4.69, 9.17) is 14.2 Å². The minimum Gasteiger partial charge on any atom is -0.381 e. The summed E-state index contributed by atoms with van der Waals surface area (Å²) in [4.78, 5) is 0. The Balaban J connectivity index is 1.15. The van der Waals surface area contributed by atoms with Crippen LogP contribution >= 0.6 is 0 Å². The van der Waals surface area contributed by atoms with Crippen molar-refractivity contribution >= 4 is 0 Å². The Bertz CT molecular complexity index is 305. The van der Waals surface area contributed by atoms with E-state index in [0.717, 1.165) is 50.1 Å². The predicted octanol–water partition coefficient (Wildman–Crippen LogP) is 3.41. The van der Waals surface area contributed by atoms with Crippen molar-refractivity contribution in [1.82, 2.24) is 0 Å². The molecule has 3 nitrogen and oxygen atoms in total. The molecule has 6 unspecified atom stereocenters. The van der Waals surface area contributed by atoms with E-state index >= 15 is 0 Å². The highest BCUT2D eigenvalue weighted by Gasteiger charge is 2.37. The van der Waals surface area contributed by atoms with E-state index in [1.807, 2.05) is 0 Å². The van der Waals surface area contributed by atoms with Crippen LogP contribution in [0.4, 0.5) is 0 Å². The molecule has 21 heavy (non-hydrogen) atoms. The van der Waals surface area contributed by atoms with Gasteiger partial charge in [0.1, 0.15) is 0 Å². The fraction of sp³-hybridized carbons (Fsp3) is 1.00. The van der Waals surface area contributed by atoms with Crippen LogP contribution in [0.1, 0.15) is 51.4 Å². The van der Waals surface area contributed by atoms with Crippen molar-refractivity contribution < 1.29 is 14.2 Å². The second-order valence-electron chi connectivity index (χ2n) is 7.87. The Morgan fingerprint density at radius 3 is 1.62 bits per heavy atom. The van der Waals surface area contributed by atoms with E-state index in [2.05, 4.69) is 0 Å². The molecule has 2 saturated heterocycles. The lowest BCUT2D eigenvalue weighted by atomic mass is 9.79. The highest BCUT2D eigenvalue weighted by molar-refractivity contribution is 4.86. The Hall–Kier alpha value is -0.120. The molecule has 120 valence electrons. The lowest BCUT2D eigenvalue weighted by Gasteiger charge is -2.30. The number of epoxide rings is 2. The number of ether oxygens (including phenoxy) is 3. The Morgan fingerprint density at radius 1 is 0.714 bits per heavy atom. The van der Waals surface area contributed by atoms with E-state index in [-0.39, 0.29) is 0 Å². The molecule has 0 bridgehead atoms. The average Bonchev–Trinajstić information content (AvgIpc) is 3.41. The molecule has 4 rings (SSSR count). The summed E-state index contributed by atoms with van der Waals surface area (Å²) in [7, 11) is 0. The quantitative estimate of drug-likeness (QED) is 0.704. The molecule has 0 aromatic rings. The van der Waals surface area contributed by atoms with Gasteiger partial charge in [-0.15, -0.1) is 0 Å². The summed E-state index contributed by atoms with van der Waals surface area (Å²) < 4.78 is 17.1. The third-order valence-corrected chi connectivity index (χ3v) is 6.12. The maximum atomic E-state index is 6.13. The Morgan fingerprint density at radius 2 is 1.19 bits per heavy atom. The molecule has 0 aromatic carbocycles. The van der Waals surface area contributed by atoms with Gasteiger partial charge in [-0.25, -0.2) is 0 Å². The molecule has 0 spiro atoms. The Labute approximate surface area is 128 Å². The highest BCUT2D eigenvalue weighted by atomic mass is 16.6. The van der Waals surface area contributed by atoms with E-state index < -0.39 is 0 Å². The van der Waals surface area contributed by atoms with Crippen LogP contribution in [0, 0.1) is 23.7 Å². The highest BCUT2D eigenvalue weighted by Crippen LogP contribution is 2.38. The maximum absolute atomic E-state index is 6.13. The zero-order valence-electron chi connectivity index (χ0n) is 13.2. The normalized spacial score (nSPS) is 46.3. The average molecular weight is 294 g/mol. The van der Waals surface area contributed by atoms with Crippen molar-refractivity contribution in [3.05, 3.63) is 0 Å². The van der Waals surface area contributed by atoms with Gasteiger partial charge < -0.3 is 14.2 Å². The van der Waals surface area contributed by atoms with Crippen molar-refractivity contribution in [1.29, 1.82) is 0 Å². The molecule has 0 amide bonds. The van der Waals surface area contributed by atoms with E-state index in [0.29, 0.717) is 12.2 Å². The Kier molecular flexibility index (Phi) is 4.52. The summed E-state index contributed by atoms with van der Waals surface area (Å²) >= 11 is 0. The zero-order valence-corrected chi connectivity index (χ0v) is 13.2. The third-order valence-electron chi connectivity index (χ3n) is 6.12. The molecular formula is C18H30O3. The molecule has 0 aromatic heterocycles. The summed E-state index contributed by atoms with van der Waals surface area (Å²) in [6, 6.07) is 0. The van der Waals surface area contributed by atoms with Gasteiger partial charge >= 0.3 is 0 Å². The van der Waals surface area contributed by atoms with E-state index in [1.165, 1.54) is 51.4 Å². The van der Waals surface area contributed by atoms with Crippen LogP contribution in [0.15, 0.2) is 0 Å². The molecule has 6 atom stereocenters. The van der Waals surface area contributed by atoms with Gasteiger partial charge in [-0.2, -0.15) is 0 Å². The van der Waals surface area contributed by atoms with Crippen molar-refractivity contribution in [2.75, 3.05) is 26.4 Å². The van der Waals surface area contributed by atoms with Crippen molar-refractivity contribution in [3.63, 3.8) is 0 Å². The fourth-order valence-electron chi connectivity index (χ4n) is 4.70. The van der Waals surface area contributed by atoms with Crippen LogP contribution in [0.2, 0.25) is 0 Å². The van der Waals surface area contributed by atoms with Crippen molar-refractivity contribution in [3.8, 4) is 0 Å². The third kappa shape index (κ3) is 4.00. The van der Waals surface area contributed by atoms with Crippen molar-refractivity contribution in [2.24, 2.45) is 23.7 Å². The molecule has 2 aliphatic carbocycles. The first kappa shape index (κ1) is 14.5. The van der Waals surface area contributed by atoms with Gasteiger partial charge in [0.05, 0.1) is 25.4 Å². The molecule has 2 saturated carbocycles. The van der Waals surface area contributed by atoms with Crippen LogP contribution in [0.25, 0.3) is 0 Å². The number of hydrogen-bond donors (Lipinski definition) is 0. The topological polar surface area (TPSA) is 34.3 Å². The summed E-state index contributed by atoms with van der Waals surface area (Å²) in [5, 5.41) is 0. The minimum absolute atomic E-state index is 0.602. The first-order valence-corrected chi connectivity index (χ1v) is 9.19. The smallest absolute Gasteiger partial charge is 0.0838 e. The molecule has 4 fully saturated rings. The minimum atomic E-state index is 0.602. The lowest BCUT2D eigenvalue weighted by molar-refractivity contribution is 0.0331. The fourth-order valence-corrected chi connectivity index (χ4v) is 4.70. The first-order valence-electron chi connectivity index (χ1n) is 9.19. The monoisotopic (exact) mass is 294 g/mol.